The van der Waals surface area contributed by atoms with Crippen LogP contribution in [0.2, 0.25) is 0 Å². The molecule has 2 aromatic heterocycles. The summed E-state index contributed by atoms with van der Waals surface area (Å²) in [4.78, 5) is 16.7. The molecule has 3 aromatic rings. The monoisotopic (exact) mass is 398 g/mol. The lowest BCUT2D eigenvalue weighted by Gasteiger charge is -2.09. The van der Waals surface area contributed by atoms with Gasteiger partial charge in [-0.05, 0) is 53.0 Å². The fourth-order valence-corrected chi connectivity index (χ4v) is 3.48. The van der Waals surface area contributed by atoms with Crippen LogP contribution in [-0.2, 0) is 11.8 Å². The minimum absolute atomic E-state index is 0.332. The number of ether oxygens (including phenoxy) is 1. The number of rotatable bonds is 4. The summed E-state index contributed by atoms with van der Waals surface area (Å²) in [5.41, 5.74) is 5.48. The van der Waals surface area contributed by atoms with Gasteiger partial charge in [0.15, 0.2) is 0 Å². The fraction of sp³-hybridized carbons (Fsp3) is 0.200. The molecule has 5 heteroatoms. The molecule has 4 nitrogen and oxygen atoms in total. The number of hydrogen-bond acceptors (Lipinski definition) is 3. The second kappa shape index (κ2) is 7.23. The third-order valence-electron chi connectivity index (χ3n) is 4.10. The highest BCUT2D eigenvalue weighted by molar-refractivity contribution is 9.10. The summed E-state index contributed by atoms with van der Waals surface area (Å²) in [7, 11) is 1.86. The molecule has 0 saturated heterocycles. The lowest BCUT2D eigenvalue weighted by Crippen LogP contribution is -2.11. The number of carbonyl (C=O) groups excluding carboxylic acids is 1. The van der Waals surface area contributed by atoms with E-state index in [0.29, 0.717) is 12.3 Å². The van der Waals surface area contributed by atoms with E-state index in [-0.39, 0.29) is 5.97 Å². The first-order valence-corrected chi connectivity index (χ1v) is 8.86. The normalized spacial score (nSPS) is 10.7. The van der Waals surface area contributed by atoms with Gasteiger partial charge in [0.05, 0.1) is 11.2 Å². The van der Waals surface area contributed by atoms with E-state index >= 15 is 0 Å². The number of halogens is 1. The van der Waals surface area contributed by atoms with E-state index in [9.17, 15) is 4.79 Å². The number of carbonyl (C=O) groups is 1. The molecule has 0 saturated carbocycles. The first kappa shape index (κ1) is 17.4. The topological polar surface area (TPSA) is 44.1 Å². The van der Waals surface area contributed by atoms with Crippen molar-refractivity contribution in [2.75, 3.05) is 6.61 Å². The van der Waals surface area contributed by atoms with Crippen LogP contribution in [0.5, 0.6) is 0 Å². The van der Waals surface area contributed by atoms with Crippen LogP contribution in [0.15, 0.2) is 53.4 Å². The first-order chi connectivity index (χ1) is 12.0. The van der Waals surface area contributed by atoms with Crippen molar-refractivity contribution in [3.63, 3.8) is 0 Å². The number of pyridine rings is 1. The van der Waals surface area contributed by atoms with Gasteiger partial charge in [0, 0.05) is 30.6 Å². The third-order valence-corrected chi connectivity index (χ3v) is 5.03. The summed E-state index contributed by atoms with van der Waals surface area (Å²) in [6.45, 7) is 4.19. The lowest BCUT2D eigenvalue weighted by atomic mass is 9.96. The SMILES string of the molecule is CCOC(=O)c1c(-c2ccc(C)cc2)c(-c2ccncc2)c(Br)n1C. The van der Waals surface area contributed by atoms with Gasteiger partial charge in [-0.25, -0.2) is 4.79 Å². The van der Waals surface area contributed by atoms with Crippen molar-refractivity contribution < 1.29 is 9.53 Å². The molecule has 0 unspecified atom stereocenters. The van der Waals surface area contributed by atoms with E-state index in [2.05, 4.69) is 20.9 Å². The standard InChI is InChI=1S/C20H19BrN2O2/c1-4-25-20(24)18-16(14-7-5-13(2)6-8-14)17(19(21)23(18)3)15-9-11-22-12-10-15/h5-12H,4H2,1-3H3. The van der Waals surface area contributed by atoms with Crippen LogP contribution in [0.3, 0.4) is 0 Å². The molecule has 0 aliphatic rings. The van der Waals surface area contributed by atoms with Gasteiger partial charge < -0.3 is 9.30 Å². The smallest absolute Gasteiger partial charge is 0.355 e. The zero-order valence-electron chi connectivity index (χ0n) is 14.4. The van der Waals surface area contributed by atoms with Crippen LogP contribution in [-0.4, -0.2) is 22.1 Å². The average molecular weight is 399 g/mol. The van der Waals surface area contributed by atoms with E-state index in [1.807, 2.05) is 61.9 Å². The predicted molar refractivity (Wildman–Crippen MR) is 102 cm³/mol. The van der Waals surface area contributed by atoms with Crippen LogP contribution in [0.25, 0.3) is 22.3 Å². The quantitative estimate of drug-likeness (QED) is 0.580. The lowest BCUT2D eigenvalue weighted by molar-refractivity contribution is 0.0516. The number of nitrogens with zero attached hydrogens (tertiary/aromatic N) is 2. The van der Waals surface area contributed by atoms with Crippen LogP contribution >= 0.6 is 15.9 Å². The summed E-state index contributed by atoms with van der Waals surface area (Å²) in [5.74, 6) is -0.332. The zero-order valence-corrected chi connectivity index (χ0v) is 16.0. The van der Waals surface area contributed by atoms with Crippen LogP contribution in [0.1, 0.15) is 23.0 Å². The molecule has 0 amide bonds. The first-order valence-electron chi connectivity index (χ1n) is 8.07. The van der Waals surface area contributed by atoms with E-state index in [4.69, 9.17) is 4.74 Å². The van der Waals surface area contributed by atoms with Crippen molar-refractivity contribution >= 4 is 21.9 Å². The van der Waals surface area contributed by atoms with Gasteiger partial charge >= 0.3 is 5.97 Å². The Kier molecular flexibility index (Phi) is 5.04. The average Bonchev–Trinajstić information content (AvgIpc) is 2.88. The Morgan fingerprint density at radius 1 is 1.08 bits per heavy atom. The van der Waals surface area contributed by atoms with Gasteiger partial charge in [-0.1, -0.05) is 29.8 Å². The summed E-state index contributed by atoms with van der Waals surface area (Å²) in [6.07, 6.45) is 3.50. The molecule has 25 heavy (non-hydrogen) atoms. The highest BCUT2D eigenvalue weighted by Crippen LogP contribution is 2.42. The van der Waals surface area contributed by atoms with Gasteiger partial charge in [0.25, 0.3) is 0 Å². The Hall–Kier alpha value is -2.40. The second-order valence-electron chi connectivity index (χ2n) is 5.77. The van der Waals surface area contributed by atoms with Crippen molar-refractivity contribution in [3.05, 3.63) is 64.7 Å². The van der Waals surface area contributed by atoms with Gasteiger partial charge in [0.2, 0.25) is 0 Å². The molecule has 0 spiro atoms. The van der Waals surface area contributed by atoms with Gasteiger partial charge in [0.1, 0.15) is 5.69 Å². The zero-order chi connectivity index (χ0) is 18.0. The summed E-state index contributed by atoms with van der Waals surface area (Å²) in [5, 5.41) is 0. The molecule has 1 aromatic carbocycles. The van der Waals surface area contributed by atoms with Gasteiger partial charge in [-0.15, -0.1) is 0 Å². The Balaban J connectivity index is 2.33. The molecule has 0 aliphatic carbocycles. The number of esters is 1. The van der Waals surface area contributed by atoms with E-state index in [1.54, 1.807) is 12.4 Å². The molecule has 128 valence electrons. The molecule has 0 N–H and O–H groups in total. The van der Waals surface area contributed by atoms with Crippen molar-refractivity contribution in [2.24, 2.45) is 7.05 Å². The maximum atomic E-state index is 12.6. The summed E-state index contributed by atoms with van der Waals surface area (Å²) >= 11 is 3.65. The Morgan fingerprint density at radius 3 is 2.28 bits per heavy atom. The number of aromatic nitrogens is 2. The maximum absolute atomic E-state index is 12.6. The molecule has 0 bridgehead atoms. The van der Waals surface area contributed by atoms with Crippen molar-refractivity contribution in [1.29, 1.82) is 0 Å². The maximum Gasteiger partial charge on any atom is 0.355 e. The second-order valence-corrected chi connectivity index (χ2v) is 6.52. The van der Waals surface area contributed by atoms with Crippen LogP contribution < -0.4 is 0 Å². The largest absolute Gasteiger partial charge is 0.461 e. The molecule has 0 atom stereocenters. The van der Waals surface area contributed by atoms with Gasteiger partial charge in [-0.3, -0.25) is 4.98 Å². The molecule has 0 radical (unpaired) electrons. The summed E-state index contributed by atoms with van der Waals surface area (Å²) < 4.78 is 7.97. The minimum Gasteiger partial charge on any atom is -0.461 e. The van der Waals surface area contributed by atoms with E-state index < -0.39 is 0 Å². The molecular weight excluding hydrogens is 380 g/mol. The molecule has 0 fully saturated rings. The highest BCUT2D eigenvalue weighted by Gasteiger charge is 2.27. The Bertz CT molecular complexity index is 900. The summed E-state index contributed by atoms with van der Waals surface area (Å²) in [6, 6.07) is 12.0. The predicted octanol–water partition coefficient (Wildman–Crippen LogP) is 5.00. The third kappa shape index (κ3) is 3.24. The number of benzene rings is 1. The van der Waals surface area contributed by atoms with Crippen LogP contribution in [0.4, 0.5) is 0 Å². The number of hydrogen-bond donors (Lipinski definition) is 0. The van der Waals surface area contributed by atoms with Crippen molar-refractivity contribution in [3.8, 4) is 22.3 Å². The minimum atomic E-state index is -0.332. The van der Waals surface area contributed by atoms with Crippen molar-refractivity contribution in [2.45, 2.75) is 13.8 Å². The molecule has 3 rings (SSSR count). The van der Waals surface area contributed by atoms with Gasteiger partial charge in [-0.2, -0.15) is 0 Å². The van der Waals surface area contributed by atoms with Crippen LogP contribution in [0, 0.1) is 6.92 Å². The molecular formula is C20H19BrN2O2. The molecule has 0 aliphatic heterocycles. The van der Waals surface area contributed by atoms with Crippen molar-refractivity contribution in [1.82, 2.24) is 9.55 Å². The Labute approximate surface area is 155 Å². The molecule has 2 heterocycles. The Morgan fingerprint density at radius 2 is 1.68 bits per heavy atom. The van der Waals surface area contributed by atoms with E-state index in [0.717, 1.165) is 26.9 Å². The highest BCUT2D eigenvalue weighted by atomic mass is 79.9. The number of aryl methyl sites for hydroxylation is 1. The fourth-order valence-electron chi connectivity index (χ4n) is 2.88. The van der Waals surface area contributed by atoms with E-state index in [1.165, 1.54) is 5.56 Å².